The van der Waals surface area contributed by atoms with Crippen LogP contribution in [-0.2, 0) is 16.1 Å². The van der Waals surface area contributed by atoms with E-state index in [1.165, 1.54) is 0 Å². The largest absolute Gasteiger partial charge is 0.481 e. The fraction of sp³-hybridized carbons (Fsp3) is 0.591. The molecule has 2 N–H and O–H groups in total. The number of nitrogens with one attached hydrogen (secondary N) is 1. The molecule has 0 aromatic heterocycles. The fourth-order valence-electron chi connectivity index (χ4n) is 5.19. The SMILES string of the molecule is O=C(CN1C[C@@H]2CCC[C@@]2(C(=O)O)C1)NCc1ccc(C(=O)N2CCCC2)cc1. The van der Waals surface area contributed by atoms with Crippen LogP contribution in [0.25, 0.3) is 0 Å². The Morgan fingerprint density at radius 2 is 1.83 bits per heavy atom. The van der Waals surface area contributed by atoms with E-state index in [1.54, 1.807) is 0 Å². The van der Waals surface area contributed by atoms with Crippen LogP contribution in [0, 0.1) is 11.3 Å². The number of rotatable bonds is 6. The van der Waals surface area contributed by atoms with Crippen LogP contribution in [0.15, 0.2) is 24.3 Å². The monoisotopic (exact) mass is 399 g/mol. The van der Waals surface area contributed by atoms with Gasteiger partial charge in [0.05, 0.1) is 12.0 Å². The molecule has 1 aromatic rings. The van der Waals surface area contributed by atoms with Crippen molar-refractivity contribution >= 4 is 17.8 Å². The highest BCUT2D eigenvalue weighted by Gasteiger charge is 2.54. The van der Waals surface area contributed by atoms with Crippen molar-refractivity contribution in [3.63, 3.8) is 0 Å². The van der Waals surface area contributed by atoms with E-state index in [2.05, 4.69) is 5.32 Å². The van der Waals surface area contributed by atoms with Crippen LogP contribution in [0.4, 0.5) is 0 Å². The standard InChI is InChI=1S/C22H29N3O4/c26-19(14-24-13-18-4-3-9-22(18,15-24)21(28)29)23-12-16-5-7-17(8-6-16)20(27)25-10-1-2-11-25/h5-8,18H,1-4,9-15H2,(H,23,26)(H,28,29)/t18-,22+/m0/s1. The summed E-state index contributed by atoms with van der Waals surface area (Å²) in [6, 6.07) is 7.40. The Labute approximate surface area is 171 Å². The van der Waals surface area contributed by atoms with Crippen molar-refractivity contribution in [2.75, 3.05) is 32.7 Å². The van der Waals surface area contributed by atoms with E-state index >= 15 is 0 Å². The number of hydrogen-bond donors (Lipinski definition) is 2. The number of carbonyl (C=O) groups is 3. The molecule has 2 heterocycles. The van der Waals surface area contributed by atoms with Crippen molar-refractivity contribution < 1.29 is 19.5 Å². The van der Waals surface area contributed by atoms with E-state index in [-0.39, 0.29) is 24.3 Å². The summed E-state index contributed by atoms with van der Waals surface area (Å²) in [6.45, 7) is 3.45. The third-order valence-electron chi connectivity index (χ3n) is 6.82. The number of amides is 2. The number of aliphatic carboxylic acids is 1. The Morgan fingerprint density at radius 3 is 2.48 bits per heavy atom. The lowest BCUT2D eigenvalue weighted by Crippen LogP contribution is -2.39. The number of likely N-dealkylation sites (tertiary alicyclic amines) is 2. The number of benzene rings is 1. The summed E-state index contributed by atoms with van der Waals surface area (Å²) >= 11 is 0. The molecule has 29 heavy (non-hydrogen) atoms. The molecule has 1 aliphatic carbocycles. The maximum Gasteiger partial charge on any atom is 0.311 e. The van der Waals surface area contributed by atoms with Crippen molar-refractivity contribution in [2.24, 2.45) is 11.3 Å². The van der Waals surface area contributed by atoms with E-state index < -0.39 is 11.4 Å². The first kappa shape index (κ1) is 19.9. The van der Waals surface area contributed by atoms with Crippen LogP contribution in [0.2, 0.25) is 0 Å². The second kappa shape index (κ2) is 8.14. The third-order valence-corrected chi connectivity index (χ3v) is 6.82. The molecule has 1 saturated carbocycles. The summed E-state index contributed by atoms with van der Waals surface area (Å²) < 4.78 is 0. The minimum atomic E-state index is -0.716. The minimum absolute atomic E-state index is 0.0741. The van der Waals surface area contributed by atoms with Gasteiger partial charge in [-0.3, -0.25) is 19.3 Å². The lowest BCUT2D eigenvalue weighted by molar-refractivity contribution is -0.149. The number of carbonyl (C=O) groups excluding carboxylic acids is 2. The molecule has 2 amide bonds. The number of carboxylic acids is 1. The van der Waals surface area contributed by atoms with Gasteiger partial charge in [-0.2, -0.15) is 0 Å². The molecule has 156 valence electrons. The normalized spacial score (nSPS) is 26.5. The summed E-state index contributed by atoms with van der Waals surface area (Å²) in [4.78, 5) is 40.3. The zero-order chi connectivity index (χ0) is 20.4. The molecule has 7 nitrogen and oxygen atoms in total. The van der Waals surface area contributed by atoms with Crippen molar-refractivity contribution in [3.05, 3.63) is 35.4 Å². The highest BCUT2D eigenvalue weighted by molar-refractivity contribution is 5.94. The van der Waals surface area contributed by atoms with Gasteiger partial charge < -0.3 is 15.3 Å². The lowest BCUT2D eigenvalue weighted by Gasteiger charge is -2.23. The molecule has 2 saturated heterocycles. The smallest absolute Gasteiger partial charge is 0.311 e. The summed E-state index contributed by atoms with van der Waals surface area (Å²) in [6.07, 6.45) is 4.76. The summed E-state index contributed by atoms with van der Waals surface area (Å²) in [5, 5.41) is 12.6. The lowest BCUT2D eigenvalue weighted by atomic mass is 9.81. The molecule has 0 radical (unpaired) electrons. The van der Waals surface area contributed by atoms with Crippen LogP contribution < -0.4 is 5.32 Å². The Balaban J connectivity index is 1.26. The average Bonchev–Trinajstić information content (AvgIpc) is 3.42. The van der Waals surface area contributed by atoms with Crippen LogP contribution in [0.1, 0.15) is 48.0 Å². The van der Waals surface area contributed by atoms with Gasteiger partial charge in [0, 0.05) is 38.3 Å². The summed E-state index contributed by atoms with van der Waals surface area (Å²) in [5.41, 5.74) is 0.971. The molecule has 0 unspecified atom stereocenters. The highest BCUT2D eigenvalue weighted by Crippen LogP contribution is 2.48. The fourth-order valence-corrected chi connectivity index (χ4v) is 5.19. The zero-order valence-electron chi connectivity index (χ0n) is 16.7. The first-order valence-electron chi connectivity index (χ1n) is 10.6. The van der Waals surface area contributed by atoms with Gasteiger partial charge in [0.25, 0.3) is 5.91 Å². The third kappa shape index (κ3) is 4.01. The van der Waals surface area contributed by atoms with Gasteiger partial charge in [0.2, 0.25) is 5.91 Å². The first-order valence-corrected chi connectivity index (χ1v) is 10.6. The predicted molar refractivity (Wildman–Crippen MR) is 107 cm³/mol. The quantitative estimate of drug-likeness (QED) is 0.760. The second-order valence-electron chi connectivity index (χ2n) is 8.69. The van der Waals surface area contributed by atoms with Crippen molar-refractivity contribution in [1.82, 2.24) is 15.1 Å². The van der Waals surface area contributed by atoms with Gasteiger partial charge in [-0.15, -0.1) is 0 Å². The number of hydrogen-bond acceptors (Lipinski definition) is 4. The molecule has 4 rings (SSSR count). The van der Waals surface area contributed by atoms with Gasteiger partial charge in [0.15, 0.2) is 0 Å². The Kier molecular flexibility index (Phi) is 5.58. The summed E-state index contributed by atoms with van der Waals surface area (Å²) in [7, 11) is 0. The molecule has 2 atom stereocenters. The van der Waals surface area contributed by atoms with Crippen LogP contribution in [-0.4, -0.2) is 65.4 Å². The number of fused-ring (bicyclic) bond motifs is 1. The molecule has 0 bridgehead atoms. The molecule has 7 heteroatoms. The van der Waals surface area contributed by atoms with Crippen molar-refractivity contribution in [1.29, 1.82) is 0 Å². The Bertz CT molecular complexity index is 788. The molecule has 1 aromatic carbocycles. The Hall–Kier alpha value is -2.41. The van der Waals surface area contributed by atoms with E-state index in [0.717, 1.165) is 44.3 Å². The van der Waals surface area contributed by atoms with E-state index in [1.807, 2.05) is 34.1 Å². The van der Waals surface area contributed by atoms with E-state index in [9.17, 15) is 19.5 Å². The van der Waals surface area contributed by atoms with Gasteiger partial charge in [-0.25, -0.2) is 0 Å². The first-order chi connectivity index (χ1) is 14.0. The minimum Gasteiger partial charge on any atom is -0.481 e. The van der Waals surface area contributed by atoms with Gasteiger partial charge in [-0.1, -0.05) is 18.6 Å². The van der Waals surface area contributed by atoms with Crippen molar-refractivity contribution in [2.45, 2.75) is 38.6 Å². The highest BCUT2D eigenvalue weighted by atomic mass is 16.4. The molecule has 3 fully saturated rings. The van der Waals surface area contributed by atoms with Gasteiger partial charge >= 0.3 is 5.97 Å². The molecule has 0 spiro atoms. The summed E-state index contributed by atoms with van der Waals surface area (Å²) in [5.74, 6) is -0.576. The topological polar surface area (TPSA) is 90.0 Å². The van der Waals surface area contributed by atoms with Gasteiger partial charge in [-0.05, 0) is 49.3 Å². The van der Waals surface area contributed by atoms with E-state index in [4.69, 9.17) is 0 Å². The molecule has 3 aliphatic rings. The van der Waals surface area contributed by atoms with Crippen LogP contribution >= 0.6 is 0 Å². The van der Waals surface area contributed by atoms with Crippen LogP contribution in [0.3, 0.4) is 0 Å². The predicted octanol–water partition coefficient (Wildman–Crippen LogP) is 1.73. The van der Waals surface area contributed by atoms with Crippen LogP contribution in [0.5, 0.6) is 0 Å². The molecular weight excluding hydrogens is 370 g/mol. The average molecular weight is 399 g/mol. The Morgan fingerprint density at radius 1 is 1.10 bits per heavy atom. The zero-order valence-corrected chi connectivity index (χ0v) is 16.7. The second-order valence-corrected chi connectivity index (χ2v) is 8.69. The number of carboxylic acid groups (broad SMARTS) is 1. The molecule has 2 aliphatic heterocycles. The van der Waals surface area contributed by atoms with E-state index in [0.29, 0.717) is 31.6 Å². The molecular formula is C22H29N3O4. The van der Waals surface area contributed by atoms with Gasteiger partial charge in [0.1, 0.15) is 0 Å². The maximum atomic E-state index is 12.4. The van der Waals surface area contributed by atoms with Crippen molar-refractivity contribution in [3.8, 4) is 0 Å². The maximum absolute atomic E-state index is 12.4. The number of nitrogens with zero attached hydrogens (tertiary/aromatic N) is 2.